The molecule has 7 heteroatoms. The molecule has 18 heavy (non-hydrogen) atoms. The van der Waals surface area contributed by atoms with Gasteiger partial charge in [0, 0.05) is 5.56 Å². The first kappa shape index (κ1) is 13.7. The number of hydrogen-bond donors (Lipinski definition) is 1. The molecule has 1 aliphatic heterocycles. The molecular weight excluding hydrogens is 261 g/mol. The van der Waals surface area contributed by atoms with Crippen LogP contribution in [0.15, 0.2) is 28.1 Å². The number of rotatable bonds is 0. The van der Waals surface area contributed by atoms with Gasteiger partial charge in [0.05, 0.1) is 0 Å². The van der Waals surface area contributed by atoms with E-state index in [1.807, 2.05) is 0 Å². The summed E-state index contributed by atoms with van der Waals surface area (Å²) >= 11 is 0. The van der Waals surface area contributed by atoms with E-state index in [9.17, 15) is 9.59 Å². The maximum absolute atomic E-state index is 12.0. The van der Waals surface area contributed by atoms with Crippen molar-refractivity contribution in [3.05, 3.63) is 34.2 Å². The van der Waals surface area contributed by atoms with E-state index < -0.39 is 0 Å². The van der Waals surface area contributed by atoms with E-state index in [1.165, 1.54) is 4.57 Å². The molecule has 0 spiro atoms. The van der Waals surface area contributed by atoms with Crippen molar-refractivity contribution in [2.75, 3.05) is 0 Å². The Balaban J connectivity index is 0.00000120. The van der Waals surface area contributed by atoms with Crippen LogP contribution in [0.2, 0.25) is 0 Å². The molecule has 2 aromatic rings. The second kappa shape index (κ2) is 5.10. The number of aromatic nitrogens is 2. The Hall–Kier alpha value is -0.734. The molecule has 0 fully saturated rings. The number of oxime groups is 1. The molecule has 0 amide bonds. The van der Waals surface area contributed by atoms with E-state index in [0.29, 0.717) is 23.1 Å². The molecule has 0 saturated carbocycles. The number of Topliss-reactive ketones (excluding diaryl/α,β-unsaturated/α-hetero) is 1. The van der Waals surface area contributed by atoms with Crippen molar-refractivity contribution in [1.82, 2.24) is 9.55 Å². The number of para-hydroxylation sites is 1. The summed E-state index contributed by atoms with van der Waals surface area (Å²) in [6.45, 7) is 0.303. The minimum absolute atomic E-state index is 0. The van der Waals surface area contributed by atoms with Gasteiger partial charge in [-0.2, -0.15) is 0 Å². The molecule has 3 rings (SSSR count). The molecule has 0 radical (unpaired) electrons. The van der Waals surface area contributed by atoms with Crippen molar-refractivity contribution in [3.8, 4) is 0 Å². The number of benzene rings is 1. The second-order valence-corrected chi connectivity index (χ2v) is 3.85. The molecule has 1 aromatic carbocycles. The molecule has 2 heterocycles. The first-order chi connectivity index (χ1) is 8.22. The van der Waals surface area contributed by atoms with E-state index >= 15 is 0 Å². The number of imidazole rings is 1. The Morgan fingerprint density at radius 1 is 1.33 bits per heavy atom. The van der Waals surface area contributed by atoms with Crippen LogP contribution in [0.3, 0.4) is 0 Å². The van der Waals surface area contributed by atoms with E-state index in [4.69, 9.17) is 5.21 Å². The van der Waals surface area contributed by atoms with Crippen molar-refractivity contribution in [2.45, 2.75) is 13.0 Å². The van der Waals surface area contributed by atoms with Crippen LogP contribution >= 0.6 is 0 Å². The van der Waals surface area contributed by atoms with Crippen molar-refractivity contribution in [2.24, 2.45) is 5.16 Å². The minimum Gasteiger partial charge on any atom is -0.411 e. The fourth-order valence-electron chi connectivity index (χ4n) is 2.14. The third kappa shape index (κ3) is 1.92. The maximum atomic E-state index is 12.0. The third-order valence-corrected chi connectivity index (χ3v) is 2.93. The van der Waals surface area contributed by atoms with E-state index in [-0.39, 0.29) is 75.0 Å². The smallest absolute Gasteiger partial charge is 0.411 e. The topological polar surface area (TPSA) is 85.8 Å². The van der Waals surface area contributed by atoms with Crippen molar-refractivity contribution >= 4 is 22.5 Å². The Bertz CT molecular complexity index is 714. The quantitative estimate of drug-likeness (QED) is 0.322. The number of carbonyl (C=O) groups excluding carboxylic acids is 1. The van der Waals surface area contributed by atoms with Crippen LogP contribution in [0, 0.1) is 0 Å². The average Bonchev–Trinajstić information content (AvgIpc) is 2.56. The van der Waals surface area contributed by atoms with Gasteiger partial charge in [0.1, 0.15) is 5.71 Å². The van der Waals surface area contributed by atoms with Gasteiger partial charge in [-0.1, -0.05) is 23.4 Å². The average molecular weight is 269 g/mol. The van der Waals surface area contributed by atoms with Gasteiger partial charge in [0.15, 0.2) is 5.69 Å². The van der Waals surface area contributed by atoms with Crippen LogP contribution in [0.4, 0.5) is 0 Å². The number of aryl methyl sites for hydroxylation is 1. The molecule has 0 bridgehead atoms. The summed E-state index contributed by atoms with van der Waals surface area (Å²) in [7, 11) is 0. The SMILES string of the molecule is O=C1/C(=N\O)CCn2c(=O)[n-]c3cccc1c32.[K+]. The summed E-state index contributed by atoms with van der Waals surface area (Å²) in [4.78, 5) is 27.5. The fraction of sp³-hybridized carbons (Fsp3) is 0.182. The predicted octanol–water partition coefficient (Wildman–Crippen LogP) is -2.62. The predicted molar refractivity (Wildman–Crippen MR) is 59.7 cm³/mol. The van der Waals surface area contributed by atoms with Gasteiger partial charge in [-0.3, -0.25) is 9.59 Å². The normalized spacial score (nSPS) is 16.7. The monoisotopic (exact) mass is 269 g/mol. The first-order valence-electron chi connectivity index (χ1n) is 5.14. The number of hydrogen-bond acceptors (Lipinski definition) is 4. The standard InChI is InChI=1S/C11H9N3O3.K/c15-10-6-2-1-3-7-9(6)14(11(16)12-7)5-4-8(10)13-17;/h1-3H,4-5H2,(H2,12,15,16,17);/q;+1/p-1. The summed E-state index contributed by atoms with van der Waals surface area (Å²) in [5.41, 5.74) is 1.09. The second-order valence-electron chi connectivity index (χ2n) is 3.85. The van der Waals surface area contributed by atoms with Crippen LogP contribution < -0.4 is 62.1 Å². The largest absolute Gasteiger partial charge is 1.00 e. The zero-order valence-electron chi connectivity index (χ0n) is 9.75. The van der Waals surface area contributed by atoms with Crippen molar-refractivity contribution in [3.63, 3.8) is 0 Å². The van der Waals surface area contributed by atoms with Gasteiger partial charge in [-0.05, 0) is 24.0 Å². The molecule has 1 N–H and O–H groups in total. The van der Waals surface area contributed by atoms with Crippen molar-refractivity contribution < 1.29 is 61.4 Å². The first-order valence-corrected chi connectivity index (χ1v) is 5.14. The van der Waals surface area contributed by atoms with E-state index in [0.717, 1.165) is 0 Å². The van der Waals surface area contributed by atoms with Gasteiger partial charge >= 0.3 is 51.4 Å². The van der Waals surface area contributed by atoms with E-state index in [2.05, 4.69) is 10.1 Å². The molecule has 0 unspecified atom stereocenters. The zero-order valence-corrected chi connectivity index (χ0v) is 12.9. The van der Waals surface area contributed by atoms with Crippen molar-refractivity contribution in [1.29, 1.82) is 0 Å². The minimum atomic E-state index is -0.376. The molecule has 6 nitrogen and oxygen atoms in total. The molecular formula is C11H8KN3O3. The number of ketones is 1. The zero-order chi connectivity index (χ0) is 12.0. The van der Waals surface area contributed by atoms with Gasteiger partial charge in [0.2, 0.25) is 5.78 Å². The van der Waals surface area contributed by atoms with Gasteiger partial charge in [0.25, 0.3) is 0 Å². The van der Waals surface area contributed by atoms with Crippen LogP contribution in [0.25, 0.3) is 11.0 Å². The summed E-state index contributed by atoms with van der Waals surface area (Å²) in [5.74, 6) is -0.350. The Labute approximate surface area is 144 Å². The molecule has 0 atom stereocenters. The maximum Gasteiger partial charge on any atom is 1.00 e. The number of nitrogens with zero attached hydrogens (tertiary/aromatic N) is 3. The Morgan fingerprint density at radius 3 is 2.83 bits per heavy atom. The van der Waals surface area contributed by atoms with Gasteiger partial charge in [-0.15, -0.1) is 0 Å². The van der Waals surface area contributed by atoms with E-state index in [1.54, 1.807) is 18.2 Å². The van der Waals surface area contributed by atoms with Gasteiger partial charge in [-0.25, -0.2) is 0 Å². The van der Waals surface area contributed by atoms with Crippen LogP contribution in [-0.2, 0) is 6.54 Å². The Morgan fingerprint density at radius 2 is 2.11 bits per heavy atom. The summed E-state index contributed by atoms with van der Waals surface area (Å²) in [5, 5.41) is 11.8. The summed E-state index contributed by atoms with van der Waals surface area (Å²) < 4.78 is 1.45. The number of carbonyl (C=O) groups is 1. The molecule has 1 aliphatic rings. The molecule has 86 valence electrons. The summed E-state index contributed by atoms with van der Waals surface area (Å²) in [6, 6.07) is 4.95. The Kier molecular flexibility index (Phi) is 3.88. The van der Waals surface area contributed by atoms with Gasteiger partial charge < -0.3 is 14.8 Å². The molecule has 1 aromatic heterocycles. The third-order valence-electron chi connectivity index (χ3n) is 2.93. The van der Waals surface area contributed by atoms with Crippen LogP contribution in [0.5, 0.6) is 0 Å². The fourth-order valence-corrected chi connectivity index (χ4v) is 2.14. The summed E-state index contributed by atoms with van der Waals surface area (Å²) in [6.07, 6.45) is 0.227. The molecule has 0 saturated heterocycles. The van der Waals surface area contributed by atoms with Crippen LogP contribution in [0.1, 0.15) is 16.8 Å². The van der Waals surface area contributed by atoms with Crippen LogP contribution in [-0.4, -0.2) is 21.3 Å². The molecule has 0 aliphatic carbocycles.